The number of guanidine groups is 1. The molecule has 1 atom stereocenters. The molecule has 3 heterocycles. The van der Waals surface area contributed by atoms with Gasteiger partial charge in [0, 0.05) is 38.1 Å². The number of aryl methyl sites for hydroxylation is 1. The molecule has 0 radical (unpaired) electrons. The molecule has 1 fully saturated rings. The minimum atomic E-state index is -0.00130. The maximum atomic E-state index is 5.96. The average molecular weight is 521 g/mol. The molecule has 0 saturated carbocycles. The van der Waals surface area contributed by atoms with E-state index in [2.05, 4.69) is 27.3 Å². The Hall–Kier alpha value is -2.40. The summed E-state index contributed by atoms with van der Waals surface area (Å²) >= 11 is 0. The van der Waals surface area contributed by atoms with Gasteiger partial charge in [0.25, 0.3) is 0 Å². The van der Waals surface area contributed by atoms with Crippen LogP contribution in [0.4, 0.5) is 0 Å². The lowest BCUT2D eigenvalue weighted by molar-refractivity contribution is -0.00805. The van der Waals surface area contributed by atoms with Gasteiger partial charge in [0.1, 0.15) is 6.10 Å². The first-order valence-corrected chi connectivity index (χ1v) is 9.96. The first-order chi connectivity index (χ1) is 14.2. The van der Waals surface area contributed by atoms with Gasteiger partial charge < -0.3 is 15.0 Å². The molecule has 1 N–H and O–H groups in total. The van der Waals surface area contributed by atoms with Crippen LogP contribution >= 0.6 is 24.0 Å². The summed E-state index contributed by atoms with van der Waals surface area (Å²) in [6, 6.07) is 12.1. The number of nitrogens with one attached hydrogen (secondary N) is 1. The van der Waals surface area contributed by atoms with E-state index in [4.69, 9.17) is 9.73 Å². The van der Waals surface area contributed by atoms with E-state index in [-0.39, 0.29) is 30.1 Å². The van der Waals surface area contributed by atoms with E-state index in [1.807, 2.05) is 66.7 Å². The van der Waals surface area contributed by atoms with E-state index in [0.29, 0.717) is 13.2 Å². The molecule has 8 nitrogen and oxygen atoms in total. The Bertz CT molecular complexity index is 953. The van der Waals surface area contributed by atoms with Gasteiger partial charge in [-0.2, -0.15) is 10.2 Å². The molecule has 0 bridgehead atoms. The quantitative estimate of drug-likeness (QED) is 0.318. The van der Waals surface area contributed by atoms with Crippen molar-refractivity contribution >= 4 is 29.9 Å². The van der Waals surface area contributed by atoms with Crippen LogP contribution < -0.4 is 5.32 Å². The number of rotatable bonds is 5. The number of benzene rings is 1. The monoisotopic (exact) mass is 521 g/mol. The third kappa shape index (κ3) is 5.39. The summed E-state index contributed by atoms with van der Waals surface area (Å²) in [4.78, 5) is 7.08. The summed E-state index contributed by atoms with van der Waals surface area (Å²) in [7, 11) is 1.92. The normalized spacial score (nSPS) is 16.9. The van der Waals surface area contributed by atoms with Crippen molar-refractivity contribution in [2.75, 3.05) is 26.2 Å². The summed E-state index contributed by atoms with van der Waals surface area (Å²) < 4.78 is 9.64. The third-order valence-corrected chi connectivity index (χ3v) is 4.85. The van der Waals surface area contributed by atoms with Gasteiger partial charge in [-0.15, -0.1) is 24.0 Å². The Kier molecular flexibility index (Phi) is 7.86. The van der Waals surface area contributed by atoms with Crippen LogP contribution in [0.25, 0.3) is 5.69 Å². The number of aromatic nitrogens is 4. The lowest BCUT2D eigenvalue weighted by Gasteiger charge is -2.34. The molecule has 0 spiro atoms. The van der Waals surface area contributed by atoms with Crippen molar-refractivity contribution in [1.82, 2.24) is 29.8 Å². The number of nitrogens with zero attached hydrogens (tertiary/aromatic N) is 6. The van der Waals surface area contributed by atoms with E-state index in [0.717, 1.165) is 42.5 Å². The molecule has 1 aliphatic rings. The predicted molar refractivity (Wildman–Crippen MR) is 127 cm³/mol. The smallest absolute Gasteiger partial charge is 0.194 e. The van der Waals surface area contributed by atoms with Gasteiger partial charge in [-0.05, 0) is 25.1 Å². The third-order valence-electron chi connectivity index (χ3n) is 4.85. The van der Waals surface area contributed by atoms with Gasteiger partial charge in [-0.25, -0.2) is 9.67 Å². The van der Waals surface area contributed by atoms with Crippen molar-refractivity contribution in [1.29, 1.82) is 0 Å². The molecule has 2 aromatic heterocycles. The zero-order valence-electron chi connectivity index (χ0n) is 17.3. The van der Waals surface area contributed by atoms with Crippen molar-refractivity contribution < 1.29 is 4.74 Å². The fraction of sp³-hybridized carbons (Fsp3) is 0.381. The zero-order valence-corrected chi connectivity index (χ0v) is 19.6. The van der Waals surface area contributed by atoms with Gasteiger partial charge in [0.15, 0.2) is 5.96 Å². The van der Waals surface area contributed by atoms with Gasteiger partial charge in [0.05, 0.1) is 37.3 Å². The molecule has 1 aliphatic heterocycles. The highest BCUT2D eigenvalue weighted by Crippen LogP contribution is 2.21. The summed E-state index contributed by atoms with van der Waals surface area (Å²) in [6.45, 7) is 5.63. The van der Waals surface area contributed by atoms with Crippen LogP contribution in [0.15, 0.2) is 60.0 Å². The maximum Gasteiger partial charge on any atom is 0.194 e. The van der Waals surface area contributed by atoms with Crippen molar-refractivity contribution in [3.8, 4) is 5.69 Å². The predicted octanol–water partition coefficient (Wildman–Crippen LogP) is 2.76. The SMILES string of the molecule is CCNC(=NCc1ccn(-c2ccccc2)n1)N1CCOC(c2cnn(C)c2)C1.I. The molecular formula is C21H28IN7O. The number of hydrogen-bond donors (Lipinski definition) is 1. The zero-order chi connectivity index (χ0) is 20.1. The molecular weight excluding hydrogens is 493 g/mol. The molecule has 1 unspecified atom stereocenters. The van der Waals surface area contributed by atoms with Crippen LogP contribution in [0.2, 0.25) is 0 Å². The maximum absolute atomic E-state index is 5.96. The Morgan fingerprint density at radius 2 is 2.10 bits per heavy atom. The lowest BCUT2D eigenvalue weighted by atomic mass is 10.1. The van der Waals surface area contributed by atoms with Gasteiger partial charge >= 0.3 is 0 Å². The van der Waals surface area contributed by atoms with Crippen molar-refractivity contribution in [3.63, 3.8) is 0 Å². The molecule has 1 aromatic carbocycles. The molecule has 3 aromatic rings. The number of hydrogen-bond acceptors (Lipinski definition) is 4. The fourth-order valence-electron chi connectivity index (χ4n) is 3.40. The summed E-state index contributed by atoms with van der Waals surface area (Å²) in [5, 5.41) is 12.3. The van der Waals surface area contributed by atoms with E-state index < -0.39 is 0 Å². The number of ether oxygens (including phenoxy) is 1. The van der Waals surface area contributed by atoms with Crippen LogP contribution in [-0.2, 0) is 18.3 Å². The van der Waals surface area contributed by atoms with Crippen molar-refractivity contribution in [3.05, 3.63) is 66.2 Å². The molecule has 4 rings (SSSR count). The number of halogens is 1. The van der Waals surface area contributed by atoms with E-state index >= 15 is 0 Å². The molecule has 1 saturated heterocycles. The van der Waals surface area contributed by atoms with Crippen LogP contribution in [0, 0.1) is 0 Å². The molecule has 30 heavy (non-hydrogen) atoms. The Morgan fingerprint density at radius 1 is 1.27 bits per heavy atom. The van der Waals surface area contributed by atoms with Crippen molar-refractivity contribution in [2.45, 2.75) is 19.6 Å². The second-order valence-electron chi connectivity index (χ2n) is 7.01. The Morgan fingerprint density at radius 3 is 2.83 bits per heavy atom. The molecule has 9 heteroatoms. The van der Waals surface area contributed by atoms with Gasteiger partial charge in [-0.1, -0.05) is 18.2 Å². The second kappa shape index (κ2) is 10.6. The van der Waals surface area contributed by atoms with Crippen LogP contribution in [0.5, 0.6) is 0 Å². The standard InChI is InChI=1S/C21H27N7O.HI/c1-3-22-21(27-11-12-29-20(16-27)17-13-24-26(2)15-17)23-14-18-9-10-28(25-18)19-7-5-4-6-8-19;/h4-10,13,15,20H,3,11-12,14,16H2,1-2H3,(H,22,23);1H. The highest BCUT2D eigenvalue weighted by molar-refractivity contribution is 14.0. The molecule has 160 valence electrons. The van der Waals surface area contributed by atoms with Crippen LogP contribution in [0.1, 0.15) is 24.3 Å². The highest BCUT2D eigenvalue weighted by atomic mass is 127. The topological polar surface area (TPSA) is 72.5 Å². The first-order valence-electron chi connectivity index (χ1n) is 9.96. The summed E-state index contributed by atoms with van der Waals surface area (Å²) in [5.74, 6) is 0.888. The number of aliphatic imine (C=N–C) groups is 1. The molecule has 0 amide bonds. The number of morpholine rings is 1. The van der Waals surface area contributed by atoms with Gasteiger partial charge in [0.2, 0.25) is 0 Å². The summed E-state index contributed by atoms with van der Waals surface area (Å²) in [5.41, 5.74) is 3.07. The number of para-hydroxylation sites is 1. The largest absolute Gasteiger partial charge is 0.370 e. The average Bonchev–Trinajstić information content (AvgIpc) is 3.41. The Balaban J connectivity index is 0.00000256. The first kappa shape index (κ1) is 22.3. The lowest BCUT2D eigenvalue weighted by Crippen LogP contribution is -2.48. The minimum Gasteiger partial charge on any atom is -0.370 e. The Labute approximate surface area is 194 Å². The minimum absolute atomic E-state index is 0. The second-order valence-corrected chi connectivity index (χ2v) is 7.01. The van der Waals surface area contributed by atoms with E-state index in [9.17, 15) is 0 Å². The van der Waals surface area contributed by atoms with Crippen LogP contribution in [-0.4, -0.2) is 56.7 Å². The van der Waals surface area contributed by atoms with Crippen LogP contribution in [0.3, 0.4) is 0 Å². The molecule has 0 aliphatic carbocycles. The van der Waals surface area contributed by atoms with E-state index in [1.54, 1.807) is 4.68 Å². The summed E-state index contributed by atoms with van der Waals surface area (Å²) in [6.07, 6.45) is 5.85. The highest BCUT2D eigenvalue weighted by Gasteiger charge is 2.25. The van der Waals surface area contributed by atoms with Crippen molar-refractivity contribution in [2.24, 2.45) is 12.0 Å². The van der Waals surface area contributed by atoms with Gasteiger partial charge in [-0.3, -0.25) is 4.68 Å². The fourth-order valence-corrected chi connectivity index (χ4v) is 3.40. The van der Waals surface area contributed by atoms with E-state index in [1.165, 1.54) is 0 Å².